The molecule has 3 rings (SSSR count). The lowest BCUT2D eigenvalue weighted by molar-refractivity contribution is -0.121. The van der Waals surface area contributed by atoms with Crippen LogP contribution in [0.2, 0.25) is 0 Å². The van der Waals surface area contributed by atoms with Crippen molar-refractivity contribution < 1.29 is 32.0 Å². The minimum Gasteiger partial charge on any atom is -0.467 e. The summed E-state index contributed by atoms with van der Waals surface area (Å²) in [6.07, 6.45) is 1.50. The van der Waals surface area contributed by atoms with Crippen molar-refractivity contribution >= 4 is 33.3 Å². The molecule has 10 heteroatoms. The number of furan rings is 1. The van der Waals surface area contributed by atoms with Gasteiger partial charge >= 0.3 is 5.97 Å². The van der Waals surface area contributed by atoms with Crippen molar-refractivity contribution in [3.8, 4) is 0 Å². The molecule has 2 amide bonds. The van der Waals surface area contributed by atoms with E-state index in [0.717, 1.165) is 0 Å². The Hall–Kier alpha value is -3.92. The van der Waals surface area contributed by atoms with E-state index in [1.807, 2.05) is 0 Å². The Bertz CT molecular complexity index is 1280. The van der Waals surface area contributed by atoms with Crippen molar-refractivity contribution in [3.05, 3.63) is 83.8 Å². The van der Waals surface area contributed by atoms with Crippen molar-refractivity contribution in [2.75, 3.05) is 24.3 Å². The number of likely N-dealkylation sites (N-methyl/N-ethyl adjacent to an activating group) is 1. The molecule has 2 aromatic carbocycles. The van der Waals surface area contributed by atoms with Crippen LogP contribution in [0.5, 0.6) is 0 Å². The number of anilines is 1. The molecule has 0 atom stereocenters. The van der Waals surface area contributed by atoms with Crippen LogP contribution in [0.1, 0.15) is 33.4 Å². The highest BCUT2D eigenvalue weighted by molar-refractivity contribution is 7.91. The molecule has 0 aliphatic carbocycles. The molecule has 0 saturated heterocycles. The highest BCUT2D eigenvalue weighted by atomic mass is 32.2. The summed E-state index contributed by atoms with van der Waals surface area (Å²) in [5, 5.41) is 2.72. The van der Waals surface area contributed by atoms with Crippen molar-refractivity contribution in [2.24, 2.45) is 0 Å². The third-order valence-electron chi connectivity index (χ3n) is 5.04. The second-order valence-electron chi connectivity index (χ2n) is 7.21. The molecule has 178 valence electrons. The van der Waals surface area contributed by atoms with E-state index >= 15 is 0 Å². The molecule has 0 aliphatic heterocycles. The van der Waals surface area contributed by atoms with Crippen LogP contribution in [0.15, 0.2) is 76.2 Å². The van der Waals surface area contributed by atoms with Gasteiger partial charge in [-0.2, -0.15) is 0 Å². The van der Waals surface area contributed by atoms with E-state index in [4.69, 9.17) is 9.15 Å². The smallest absolute Gasteiger partial charge is 0.339 e. The first-order valence-electron chi connectivity index (χ1n) is 10.4. The minimum atomic E-state index is -3.66. The lowest BCUT2D eigenvalue weighted by atomic mass is 10.1. The molecule has 0 radical (unpaired) electrons. The van der Waals surface area contributed by atoms with Gasteiger partial charge in [-0.3, -0.25) is 9.59 Å². The molecule has 1 heterocycles. The summed E-state index contributed by atoms with van der Waals surface area (Å²) < 4.78 is 34.8. The third-order valence-corrected chi connectivity index (χ3v) is 6.82. The third kappa shape index (κ3) is 5.70. The van der Waals surface area contributed by atoms with E-state index in [1.54, 1.807) is 36.4 Å². The van der Waals surface area contributed by atoms with Gasteiger partial charge in [0.25, 0.3) is 11.8 Å². The van der Waals surface area contributed by atoms with E-state index in [1.165, 1.54) is 49.4 Å². The number of esters is 1. The SMILES string of the molecule is CCS(=O)(=O)c1ccccc1C(=O)OCC(=O)N(C)c1ccccc1C(=O)NCc1ccco1. The molecule has 1 N–H and O–H groups in total. The second-order valence-corrected chi connectivity index (χ2v) is 9.45. The maximum atomic E-state index is 12.7. The average molecular weight is 485 g/mol. The number of hydrogen-bond donors (Lipinski definition) is 1. The van der Waals surface area contributed by atoms with Crippen molar-refractivity contribution in [1.82, 2.24) is 5.32 Å². The highest BCUT2D eigenvalue weighted by Crippen LogP contribution is 2.21. The normalized spacial score (nSPS) is 11.0. The Kier molecular flexibility index (Phi) is 7.85. The van der Waals surface area contributed by atoms with Gasteiger partial charge < -0.3 is 19.4 Å². The van der Waals surface area contributed by atoms with Crippen LogP contribution in [0.25, 0.3) is 0 Å². The number of hydrogen-bond acceptors (Lipinski definition) is 7. The van der Waals surface area contributed by atoms with Crippen molar-refractivity contribution in [2.45, 2.75) is 18.4 Å². The summed E-state index contributed by atoms with van der Waals surface area (Å²) in [6, 6.07) is 15.6. The maximum absolute atomic E-state index is 12.7. The van der Waals surface area contributed by atoms with Crippen molar-refractivity contribution in [1.29, 1.82) is 0 Å². The monoisotopic (exact) mass is 484 g/mol. The summed E-state index contributed by atoms with van der Waals surface area (Å²) in [5.74, 6) is -1.55. The molecular formula is C24H24N2O7S. The van der Waals surface area contributed by atoms with E-state index in [-0.39, 0.29) is 28.3 Å². The number of nitrogens with one attached hydrogen (secondary N) is 1. The first kappa shape index (κ1) is 24.7. The zero-order valence-corrected chi connectivity index (χ0v) is 19.5. The summed E-state index contributed by atoms with van der Waals surface area (Å²) in [6.45, 7) is 1.01. The first-order chi connectivity index (χ1) is 16.2. The van der Waals surface area contributed by atoms with Crippen LogP contribution in [-0.2, 0) is 25.9 Å². The lowest BCUT2D eigenvalue weighted by Gasteiger charge is -2.20. The van der Waals surface area contributed by atoms with Gasteiger partial charge in [0.15, 0.2) is 16.4 Å². The van der Waals surface area contributed by atoms with Crippen LogP contribution in [0, 0.1) is 0 Å². The zero-order chi connectivity index (χ0) is 24.7. The van der Waals surface area contributed by atoms with E-state index < -0.39 is 34.2 Å². The molecule has 0 unspecified atom stereocenters. The van der Waals surface area contributed by atoms with Crippen LogP contribution >= 0.6 is 0 Å². The molecule has 0 aliphatic rings. The quantitative estimate of drug-likeness (QED) is 0.463. The number of carbonyl (C=O) groups excluding carboxylic acids is 3. The topological polar surface area (TPSA) is 123 Å². The molecular weight excluding hydrogens is 460 g/mol. The predicted octanol–water partition coefficient (Wildman–Crippen LogP) is 2.82. The Morgan fingerprint density at radius 2 is 1.65 bits per heavy atom. The summed E-state index contributed by atoms with van der Waals surface area (Å²) in [4.78, 5) is 39.0. The fourth-order valence-corrected chi connectivity index (χ4v) is 4.22. The number of sulfone groups is 1. The van der Waals surface area contributed by atoms with Gasteiger partial charge in [-0.25, -0.2) is 13.2 Å². The Balaban J connectivity index is 1.69. The molecule has 0 bridgehead atoms. The van der Waals surface area contributed by atoms with Gasteiger partial charge in [0.2, 0.25) is 0 Å². The summed E-state index contributed by atoms with van der Waals surface area (Å²) in [7, 11) is -2.21. The number of para-hydroxylation sites is 1. The van der Waals surface area contributed by atoms with Crippen molar-refractivity contribution in [3.63, 3.8) is 0 Å². The number of amides is 2. The van der Waals surface area contributed by atoms with Gasteiger partial charge in [0.05, 0.1) is 40.3 Å². The first-order valence-corrected chi connectivity index (χ1v) is 12.0. The molecule has 0 spiro atoms. The van der Waals surface area contributed by atoms with Crippen LogP contribution in [0.3, 0.4) is 0 Å². The van der Waals surface area contributed by atoms with E-state index in [0.29, 0.717) is 11.4 Å². The molecule has 3 aromatic rings. The molecule has 9 nitrogen and oxygen atoms in total. The highest BCUT2D eigenvalue weighted by Gasteiger charge is 2.24. The van der Waals surface area contributed by atoms with Crippen LogP contribution < -0.4 is 10.2 Å². The van der Waals surface area contributed by atoms with Gasteiger partial charge in [-0.05, 0) is 36.4 Å². The average Bonchev–Trinajstić information content (AvgIpc) is 3.39. The summed E-state index contributed by atoms with van der Waals surface area (Å²) in [5.41, 5.74) is 0.419. The largest absolute Gasteiger partial charge is 0.467 e. The predicted molar refractivity (Wildman–Crippen MR) is 124 cm³/mol. The van der Waals surface area contributed by atoms with Crippen LogP contribution in [0.4, 0.5) is 5.69 Å². The Labute approximate surface area is 197 Å². The fraction of sp³-hybridized carbons (Fsp3) is 0.208. The Morgan fingerprint density at radius 1 is 0.971 bits per heavy atom. The van der Waals surface area contributed by atoms with E-state index in [9.17, 15) is 22.8 Å². The van der Waals surface area contributed by atoms with E-state index in [2.05, 4.69) is 5.32 Å². The molecule has 34 heavy (non-hydrogen) atoms. The second kappa shape index (κ2) is 10.8. The number of rotatable bonds is 9. The number of carbonyl (C=O) groups is 3. The summed E-state index contributed by atoms with van der Waals surface area (Å²) >= 11 is 0. The van der Waals surface area contributed by atoms with Gasteiger partial charge in [-0.1, -0.05) is 31.2 Å². The molecule has 0 saturated carbocycles. The standard InChI is InChI=1S/C24H24N2O7S/c1-3-34(30,31)21-13-7-5-11-19(21)24(29)33-16-22(27)26(2)20-12-6-4-10-18(20)23(28)25-15-17-9-8-14-32-17/h4-14H,3,15-16H2,1-2H3,(H,25,28). The van der Waals surface area contributed by atoms with Gasteiger partial charge in [0, 0.05) is 7.05 Å². The maximum Gasteiger partial charge on any atom is 0.339 e. The Morgan fingerprint density at radius 3 is 2.32 bits per heavy atom. The number of ether oxygens (including phenoxy) is 1. The fourth-order valence-electron chi connectivity index (χ4n) is 3.13. The number of nitrogens with zero attached hydrogens (tertiary/aromatic N) is 1. The number of benzene rings is 2. The lowest BCUT2D eigenvalue weighted by Crippen LogP contribution is -2.33. The minimum absolute atomic E-state index is 0.141. The zero-order valence-electron chi connectivity index (χ0n) is 18.7. The van der Waals surface area contributed by atoms with Crippen LogP contribution in [-0.4, -0.2) is 45.6 Å². The van der Waals surface area contributed by atoms with Gasteiger partial charge in [0.1, 0.15) is 5.76 Å². The molecule has 1 aromatic heterocycles. The van der Waals surface area contributed by atoms with Gasteiger partial charge in [-0.15, -0.1) is 0 Å². The molecule has 0 fully saturated rings.